The van der Waals surface area contributed by atoms with E-state index in [1.807, 2.05) is 0 Å². The molecule has 6 heterocycles. The molecule has 298 valence electrons. The highest BCUT2D eigenvalue weighted by atomic mass is 31.2. The molecule has 0 aliphatic heterocycles. The topological polar surface area (TPSA) is 227 Å². The molecule has 14 nitrogen and oxygen atoms in total. The van der Waals surface area contributed by atoms with E-state index >= 15 is 9.13 Å². The fraction of sp³-hybridized carbons (Fsp3) is 0. The van der Waals surface area contributed by atoms with Crippen molar-refractivity contribution in [3.63, 3.8) is 0 Å². The highest BCUT2D eigenvalue weighted by Gasteiger charge is 2.36. The second-order valence-electron chi connectivity index (χ2n) is 13.3. The minimum absolute atomic E-state index is 0.154. The molecular formula is C42H32N6O8P4. The summed E-state index contributed by atoms with van der Waals surface area (Å²) >= 11 is 0. The van der Waals surface area contributed by atoms with Crippen molar-refractivity contribution in [3.8, 4) is 34.2 Å². The third-order valence-electron chi connectivity index (χ3n) is 9.32. The summed E-state index contributed by atoms with van der Waals surface area (Å²) in [6.07, 6.45) is 0. The summed E-state index contributed by atoms with van der Waals surface area (Å²) in [5.41, 5.74) is 1.27. The molecule has 0 bridgehead atoms. The van der Waals surface area contributed by atoms with E-state index in [1.165, 1.54) is 24.3 Å². The number of pyridine rings is 6. The zero-order chi connectivity index (χ0) is 42.1. The van der Waals surface area contributed by atoms with Gasteiger partial charge in [-0.15, -0.1) is 0 Å². The van der Waals surface area contributed by atoms with Crippen molar-refractivity contribution >= 4 is 72.7 Å². The van der Waals surface area contributed by atoms with Crippen LogP contribution in [0.25, 0.3) is 34.2 Å². The Morgan fingerprint density at radius 1 is 0.267 bits per heavy atom. The molecule has 0 aliphatic carbocycles. The summed E-state index contributed by atoms with van der Waals surface area (Å²) < 4.78 is 55.3. The summed E-state index contributed by atoms with van der Waals surface area (Å²) in [7, 11) is -17.0. The van der Waals surface area contributed by atoms with Crippen molar-refractivity contribution in [1.29, 1.82) is 0 Å². The van der Waals surface area contributed by atoms with E-state index < -0.39 is 40.3 Å². The first kappa shape index (κ1) is 40.9. The first-order valence-electron chi connectivity index (χ1n) is 18.0. The van der Waals surface area contributed by atoms with Gasteiger partial charge in [0.05, 0.1) is 34.2 Å². The van der Waals surface area contributed by atoms with Gasteiger partial charge in [0.1, 0.15) is 21.7 Å². The molecule has 4 N–H and O–H groups in total. The molecule has 8 rings (SSSR count). The molecule has 0 radical (unpaired) electrons. The SMILES string of the molecule is O=P(O)(O)c1cccc(-c2cccc(P(=O)(c3ccccc3)c3cccc(-c4cccc(P(=O)(c5ccccc5)c5cccc(-c6cccc(P(=O)(O)O)n6)n5)n4)n3)n2)n1. The number of nitrogens with zero attached hydrogens (tertiary/aromatic N) is 6. The van der Waals surface area contributed by atoms with E-state index in [2.05, 4.69) is 9.97 Å². The average molecular weight is 873 g/mol. The first-order chi connectivity index (χ1) is 28.7. The quantitative estimate of drug-likeness (QED) is 0.135. The highest BCUT2D eigenvalue weighted by Crippen LogP contribution is 2.44. The van der Waals surface area contributed by atoms with Crippen molar-refractivity contribution in [3.05, 3.63) is 170 Å². The van der Waals surface area contributed by atoms with Gasteiger partial charge in [-0.3, -0.25) is 9.13 Å². The second-order valence-corrected chi connectivity index (χ2v) is 21.7. The molecule has 2 aromatic carbocycles. The maximum atomic E-state index is 15.6. The van der Waals surface area contributed by atoms with Crippen LogP contribution in [0.1, 0.15) is 0 Å². The van der Waals surface area contributed by atoms with Crippen LogP contribution in [-0.4, -0.2) is 49.5 Å². The van der Waals surface area contributed by atoms with Crippen LogP contribution in [0.15, 0.2) is 170 Å². The van der Waals surface area contributed by atoms with Crippen LogP contribution in [0.5, 0.6) is 0 Å². The Hall–Kier alpha value is -5.90. The van der Waals surface area contributed by atoms with Gasteiger partial charge < -0.3 is 28.7 Å². The van der Waals surface area contributed by atoms with E-state index in [0.29, 0.717) is 22.0 Å². The van der Waals surface area contributed by atoms with Crippen molar-refractivity contribution in [1.82, 2.24) is 29.9 Å². The van der Waals surface area contributed by atoms with Crippen LogP contribution in [0.2, 0.25) is 0 Å². The van der Waals surface area contributed by atoms with Gasteiger partial charge in [0.15, 0.2) is 10.9 Å². The molecule has 18 heteroatoms. The van der Waals surface area contributed by atoms with E-state index in [4.69, 9.17) is 19.9 Å². The molecule has 0 fully saturated rings. The number of hydrogen-bond donors (Lipinski definition) is 4. The van der Waals surface area contributed by atoms with Gasteiger partial charge in [0.2, 0.25) is 14.3 Å². The van der Waals surface area contributed by atoms with Crippen LogP contribution in [-0.2, 0) is 18.3 Å². The minimum atomic E-state index is -4.67. The van der Waals surface area contributed by atoms with Crippen molar-refractivity contribution in [2.45, 2.75) is 0 Å². The maximum absolute atomic E-state index is 15.6. The van der Waals surface area contributed by atoms with Crippen LogP contribution < -0.4 is 43.2 Å². The van der Waals surface area contributed by atoms with Crippen LogP contribution in [0.3, 0.4) is 0 Å². The van der Waals surface area contributed by atoms with E-state index in [1.54, 1.807) is 146 Å². The van der Waals surface area contributed by atoms with Crippen molar-refractivity contribution < 1.29 is 37.8 Å². The molecule has 0 saturated heterocycles. The second kappa shape index (κ2) is 16.3. The Labute approximate surface area is 343 Å². The normalized spacial score (nSPS) is 13.9. The average Bonchev–Trinajstić information content (AvgIpc) is 3.29. The van der Waals surface area contributed by atoms with Gasteiger partial charge in [-0.1, -0.05) is 97.1 Å². The highest BCUT2D eigenvalue weighted by molar-refractivity contribution is 7.85. The fourth-order valence-electron chi connectivity index (χ4n) is 6.46. The van der Waals surface area contributed by atoms with Crippen LogP contribution in [0, 0.1) is 0 Å². The number of rotatable bonds is 11. The molecule has 6 aromatic heterocycles. The summed E-state index contributed by atoms with van der Waals surface area (Å²) in [5, 5.41) is 0.858. The number of benzene rings is 2. The molecule has 0 saturated carbocycles. The minimum Gasteiger partial charge on any atom is -0.320 e. The fourth-order valence-corrected chi connectivity index (χ4v) is 12.4. The van der Waals surface area contributed by atoms with Crippen LogP contribution >= 0.6 is 29.5 Å². The number of hydrogen-bond acceptors (Lipinski definition) is 10. The van der Waals surface area contributed by atoms with Gasteiger partial charge in [0.25, 0.3) is 0 Å². The molecule has 8 aromatic rings. The lowest BCUT2D eigenvalue weighted by atomic mass is 10.2. The van der Waals surface area contributed by atoms with Gasteiger partial charge >= 0.3 is 15.2 Å². The largest absolute Gasteiger partial charge is 0.374 e. The molecular weight excluding hydrogens is 840 g/mol. The van der Waals surface area contributed by atoms with E-state index in [-0.39, 0.29) is 44.5 Å². The zero-order valence-corrected chi connectivity index (χ0v) is 34.6. The standard InChI is InChI=1S/C42H32N6O8P4/c49-57(29-13-3-1-4-14-29,39-25-9-19-33(45-39)35-21-11-27-41(47-35)59(51,52)53)37-23-7-17-31(43-37)32-18-8-24-38(44-32)58(50,30-15-5-2-6-16-30)40-26-10-20-34(46-40)36-22-12-28-42(48-36)60(54,55)56/h1-28H,(H2,51,52,53)(H2,54,55,56). The summed E-state index contributed by atoms with van der Waals surface area (Å²) in [4.78, 5) is 66.6. The van der Waals surface area contributed by atoms with E-state index in [9.17, 15) is 28.7 Å². The molecule has 0 aliphatic rings. The molecule has 60 heavy (non-hydrogen) atoms. The van der Waals surface area contributed by atoms with Gasteiger partial charge in [-0.2, -0.15) is 0 Å². The zero-order valence-electron chi connectivity index (χ0n) is 31.1. The predicted molar refractivity (Wildman–Crippen MR) is 232 cm³/mol. The number of aromatic nitrogens is 6. The molecule has 0 spiro atoms. The molecule has 0 amide bonds. The third kappa shape index (κ3) is 8.04. The maximum Gasteiger partial charge on any atom is 0.374 e. The van der Waals surface area contributed by atoms with Gasteiger partial charge in [0, 0.05) is 10.6 Å². The third-order valence-corrected chi connectivity index (χ3v) is 16.6. The summed E-state index contributed by atoms with van der Waals surface area (Å²) in [5.74, 6) is 0. The molecule has 2 atom stereocenters. The lowest BCUT2D eigenvalue weighted by Gasteiger charge is -2.20. The lowest BCUT2D eigenvalue weighted by Crippen LogP contribution is -2.30. The van der Waals surface area contributed by atoms with Crippen molar-refractivity contribution in [2.24, 2.45) is 0 Å². The van der Waals surface area contributed by atoms with Gasteiger partial charge in [-0.05, 0) is 72.8 Å². The Morgan fingerprint density at radius 3 is 0.717 bits per heavy atom. The van der Waals surface area contributed by atoms with E-state index in [0.717, 1.165) is 0 Å². The van der Waals surface area contributed by atoms with Crippen LogP contribution in [0.4, 0.5) is 0 Å². The smallest absolute Gasteiger partial charge is 0.320 e. The monoisotopic (exact) mass is 872 g/mol. The van der Waals surface area contributed by atoms with Crippen molar-refractivity contribution in [2.75, 3.05) is 0 Å². The first-order valence-corrected chi connectivity index (χ1v) is 24.7. The predicted octanol–water partition coefficient (Wildman–Crippen LogP) is 3.94. The summed E-state index contributed by atoms with van der Waals surface area (Å²) in [6.45, 7) is 0. The Balaban J connectivity index is 1.24. The Morgan fingerprint density at radius 2 is 0.483 bits per heavy atom. The Bertz CT molecular complexity index is 2890. The van der Waals surface area contributed by atoms with Gasteiger partial charge in [-0.25, -0.2) is 29.9 Å². The Kier molecular flexibility index (Phi) is 11.1. The molecule has 2 unspecified atom stereocenters. The summed E-state index contributed by atoms with van der Waals surface area (Å²) in [6, 6.07) is 45.6. The lowest BCUT2D eigenvalue weighted by molar-refractivity contribution is 0.384.